The van der Waals surface area contributed by atoms with Crippen LogP contribution in [0.1, 0.15) is 19.3 Å². The molecule has 0 aromatic carbocycles. The summed E-state index contributed by atoms with van der Waals surface area (Å²) in [5, 5.41) is 6.35. The molecule has 2 heterocycles. The first-order valence-electron chi connectivity index (χ1n) is 8.45. The second-order valence-corrected chi connectivity index (χ2v) is 7.81. The first-order valence-corrected chi connectivity index (χ1v) is 9.84. The predicted molar refractivity (Wildman–Crippen MR) is 114 cm³/mol. The van der Waals surface area contributed by atoms with E-state index in [0.29, 0.717) is 6.42 Å². The van der Waals surface area contributed by atoms with Crippen LogP contribution in [0.3, 0.4) is 0 Å². The van der Waals surface area contributed by atoms with E-state index in [1.807, 2.05) is 0 Å². The van der Waals surface area contributed by atoms with Crippen LogP contribution >= 0.6 is 35.7 Å². The van der Waals surface area contributed by atoms with Gasteiger partial charge in [-0.05, 0) is 19.1 Å². The molecule has 0 aliphatic carbocycles. The molecule has 0 bridgehead atoms. The molecule has 2 saturated heterocycles. The van der Waals surface area contributed by atoms with Crippen molar-refractivity contribution < 1.29 is 9.59 Å². The molecule has 2 aliphatic rings. The molecule has 1 atom stereocenters. The van der Waals surface area contributed by atoms with Crippen molar-refractivity contribution >= 4 is 53.5 Å². The van der Waals surface area contributed by atoms with E-state index in [2.05, 4.69) is 26.8 Å². The van der Waals surface area contributed by atoms with Gasteiger partial charge < -0.3 is 20.4 Å². The lowest BCUT2D eigenvalue weighted by Gasteiger charge is -2.40. The summed E-state index contributed by atoms with van der Waals surface area (Å²) in [7, 11) is 3.48. The SMILES string of the molecule is CSCCNC(=NCC(=O)N(C)C)N1CCCC2(CNC(=O)C2)C1.I. The molecule has 2 fully saturated rings. The number of hydrogen-bond acceptors (Lipinski definition) is 4. The van der Waals surface area contributed by atoms with E-state index < -0.39 is 0 Å². The number of guanidine groups is 1. The Bertz CT molecular complexity index is 503. The van der Waals surface area contributed by atoms with Crippen LogP contribution in [0.25, 0.3) is 0 Å². The number of likely N-dealkylation sites (N-methyl/N-ethyl adjacent to an activating group) is 1. The average Bonchev–Trinajstić information content (AvgIpc) is 2.90. The van der Waals surface area contributed by atoms with Crippen LogP contribution in [-0.4, -0.2) is 86.4 Å². The number of hydrogen-bond donors (Lipinski definition) is 2. The van der Waals surface area contributed by atoms with Gasteiger partial charge in [0, 0.05) is 57.9 Å². The van der Waals surface area contributed by atoms with E-state index in [4.69, 9.17) is 0 Å². The summed E-state index contributed by atoms with van der Waals surface area (Å²) in [6, 6.07) is 0. The van der Waals surface area contributed by atoms with E-state index in [1.165, 1.54) is 0 Å². The molecule has 0 aromatic heterocycles. The molecule has 9 heteroatoms. The minimum Gasteiger partial charge on any atom is -0.355 e. The van der Waals surface area contributed by atoms with Crippen LogP contribution < -0.4 is 10.6 Å². The zero-order valence-electron chi connectivity index (χ0n) is 15.3. The van der Waals surface area contributed by atoms with Gasteiger partial charge in [0.05, 0.1) is 0 Å². The Hall–Kier alpha value is -0.710. The normalized spacial score (nSPS) is 23.2. The van der Waals surface area contributed by atoms with Gasteiger partial charge in [-0.3, -0.25) is 9.59 Å². The van der Waals surface area contributed by atoms with Crippen molar-refractivity contribution in [3.63, 3.8) is 0 Å². The molecule has 1 unspecified atom stereocenters. The van der Waals surface area contributed by atoms with Gasteiger partial charge in [-0.2, -0.15) is 11.8 Å². The van der Waals surface area contributed by atoms with E-state index in [-0.39, 0.29) is 47.8 Å². The topological polar surface area (TPSA) is 77.0 Å². The van der Waals surface area contributed by atoms with Crippen molar-refractivity contribution in [3.8, 4) is 0 Å². The monoisotopic (exact) mass is 483 g/mol. The van der Waals surface area contributed by atoms with Crippen molar-refractivity contribution in [3.05, 3.63) is 0 Å². The second kappa shape index (κ2) is 10.4. The summed E-state index contributed by atoms with van der Waals surface area (Å²) in [6.07, 6.45) is 4.77. The number of aliphatic imine (C=N–C) groups is 1. The molecule has 2 aliphatic heterocycles. The number of nitrogens with zero attached hydrogens (tertiary/aromatic N) is 3. The lowest BCUT2D eigenvalue weighted by atomic mass is 9.79. The van der Waals surface area contributed by atoms with Crippen molar-refractivity contribution in [1.29, 1.82) is 0 Å². The van der Waals surface area contributed by atoms with Crippen molar-refractivity contribution in [2.75, 3.05) is 58.8 Å². The van der Waals surface area contributed by atoms with Crippen LogP contribution in [0.4, 0.5) is 0 Å². The lowest BCUT2D eigenvalue weighted by molar-refractivity contribution is -0.127. The Balaban J connectivity index is 0.00000312. The lowest BCUT2D eigenvalue weighted by Crippen LogP contribution is -2.52. The minimum absolute atomic E-state index is 0. The zero-order valence-corrected chi connectivity index (χ0v) is 18.5. The Morgan fingerprint density at radius 2 is 2.24 bits per heavy atom. The first kappa shape index (κ1) is 22.3. The Morgan fingerprint density at radius 1 is 1.48 bits per heavy atom. The molecular formula is C16H30IN5O2S. The van der Waals surface area contributed by atoms with Gasteiger partial charge >= 0.3 is 0 Å². The molecule has 0 radical (unpaired) electrons. The fourth-order valence-electron chi connectivity index (χ4n) is 3.25. The smallest absolute Gasteiger partial charge is 0.243 e. The fraction of sp³-hybridized carbons (Fsp3) is 0.812. The number of rotatable bonds is 5. The molecule has 7 nitrogen and oxygen atoms in total. The molecule has 25 heavy (non-hydrogen) atoms. The largest absolute Gasteiger partial charge is 0.355 e. The second-order valence-electron chi connectivity index (χ2n) is 6.83. The number of nitrogens with one attached hydrogen (secondary N) is 2. The third-order valence-corrected chi connectivity index (χ3v) is 5.22. The molecular weight excluding hydrogens is 453 g/mol. The maximum atomic E-state index is 11.9. The van der Waals surface area contributed by atoms with Crippen LogP contribution in [0.15, 0.2) is 4.99 Å². The maximum Gasteiger partial charge on any atom is 0.243 e. The van der Waals surface area contributed by atoms with E-state index in [1.54, 1.807) is 30.8 Å². The molecule has 144 valence electrons. The van der Waals surface area contributed by atoms with E-state index in [0.717, 1.165) is 50.7 Å². The van der Waals surface area contributed by atoms with Crippen LogP contribution in [0, 0.1) is 5.41 Å². The van der Waals surface area contributed by atoms with Gasteiger partial charge in [-0.15, -0.1) is 24.0 Å². The van der Waals surface area contributed by atoms with Crippen molar-refractivity contribution in [2.24, 2.45) is 10.4 Å². The minimum atomic E-state index is -0.0106. The zero-order chi connectivity index (χ0) is 17.6. The number of carbonyl (C=O) groups excluding carboxylic acids is 2. The summed E-state index contributed by atoms with van der Waals surface area (Å²) in [5.74, 6) is 1.91. The molecule has 1 spiro atoms. The molecule has 2 amide bonds. The summed E-state index contributed by atoms with van der Waals surface area (Å²) in [6.45, 7) is 3.44. The molecule has 0 saturated carbocycles. The first-order chi connectivity index (χ1) is 11.5. The predicted octanol–water partition coefficient (Wildman–Crippen LogP) is 0.603. The van der Waals surface area contributed by atoms with Gasteiger partial charge in [-0.25, -0.2) is 4.99 Å². The van der Waals surface area contributed by atoms with Crippen molar-refractivity contribution in [1.82, 2.24) is 20.4 Å². The number of thioether (sulfide) groups is 1. The summed E-state index contributed by atoms with van der Waals surface area (Å²) >= 11 is 1.77. The van der Waals surface area contributed by atoms with Crippen LogP contribution in [-0.2, 0) is 9.59 Å². The average molecular weight is 483 g/mol. The summed E-state index contributed by atoms with van der Waals surface area (Å²) < 4.78 is 0. The summed E-state index contributed by atoms with van der Waals surface area (Å²) in [4.78, 5) is 31.8. The van der Waals surface area contributed by atoms with Crippen LogP contribution in [0.5, 0.6) is 0 Å². The fourth-order valence-corrected chi connectivity index (χ4v) is 3.55. The van der Waals surface area contributed by atoms with Gasteiger partial charge in [0.2, 0.25) is 11.8 Å². The van der Waals surface area contributed by atoms with Gasteiger partial charge in [0.15, 0.2) is 5.96 Å². The number of carbonyl (C=O) groups is 2. The Morgan fingerprint density at radius 3 is 2.84 bits per heavy atom. The van der Waals surface area contributed by atoms with Gasteiger partial charge in [-0.1, -0.05) is 0 Å². The highest BCUT2D eigenvalue weighted by molar-refractivity contribution is 14.0. The van der Waals surface area contributed by atoms with Crippen LogP contribution in [0.2, 0.25) is 0 Å². The quantitative estimate of drug-likeness (QED) is 0.259. The number of piperidine rings is 1. The third-order valence-electron chi connectivity index (χ3n) is 4.61. The number of amides is 2. The summed E-state index contributed by atoms with van der Waals surface area (Å²) in [5.41, 5.74) is 0.0167. The molecule has 2 rings (SSSR count). The molecule has 2 N–H and O–H groups in total. The van der Waals surface area contributed by atoms with Crippen molar-refractivity contribution in [2.45, 2.75) is 19.3 Å². The maximum absolute atomic E-state index is 11.9. The third kappa shape index (κ3) is 6.50. The number of likely N-dealkylation sites (tertiary alicyclic amines) is 1. The standard InChI is InChI=1S/C16H29N5O2S.HI/c1-20(2)14(23)10-18-15(17-6-8-24-3)21-7-4-5-16(12-21)9-13(22)19-11-16;/h4-12H2,1-3H3,(H,17,18)(H,19,22);1H. The van der Waals surface area contributed by atoms with E-state index in [9.17, 15) is 9.59 Å². The molecule has 0 aromatic rings. The highest BCUT2D eigenvalue weighted by atomic mass is 127. The van der Waals surface area contributed by atoms with E-state index >= 15 is 0 Å². The Kier molecular flexibility index (Phi) is 9.33. The Labute approximate surface area is 171 Å². The highest BCUT2D eigenvalue weighted by Crippen LogP contribution is 2.35. The number of halogens is 1. The van der Waals surface area contributed by atoms with Gasteiger partial charge in [0.1, 0.15) is 6.54 Å². The highest BCUT2D eigenvalue weighted by Gasteiger charge is 2.42. The van der Waals surface area contributed by atoms with Gasteiger partial charge in [0.25, 0.3) is 0 Å².